The van der Waals surface area contributed by atoms with Crippen molar-refractivity contribution in [1.29, 1.82) is 0 Å². The molecule has 5 N–H and O–H groups in total. The SMILES string of the molecule is COc1ccc(NCc2ccc(/C=C/C(=O)Nc3ccccc3N)cc2)cc1O. The highest BCUT2D eigenvalue weighted by atomic mass is 16.5. The van der Waals surface area contributed by atoms with Gasteiger partial charge in [0.15, 0.2) is 11.5 Å². The zero-order valence-corrected chi connectivity index (χ0v) is 16.1. The van der Waals surface area contributed by atoms with Gasteiger partial charge in [-0.05, 0) is 41.5 Å². The minimum atomic E-state index is -0.243. The number of nitrogens with one attached hydrogen (secondary N) is 2. The smallest absolute Gasteiger partial charge is 0.248 e. The van der Waals surface area contributed by atoms with Crippen molar-refractivity contribution in [2.24, 2.45) is 0 Å². The first-order valence-electron chi connectivity index (χ1n) is 9.08. The fourth-order valence-corrected chi connectivity index (χ4v) is 2.71. The molecule has 0 aromatic heterocycles. The molecule has 148 valence electrons. The highest BCUT2D eigenvalue weighted by molar-refractivity contribution is 6.03. The summed E-state index contributed by atoms with van der Waals surface area (Å²) in [6, 6.07) is 20.1. The molecular formula is C23H23N3O3. The molecule has 0 heterocycles. The van der Waals surface area contributed by atoms with Gasteiger partial charge in [0.05, 0.1) is 18.5 Å². The van der Waals surface area contributed by atoms with Gasteiger partial charge in [-0.1, -0.05) is 36.4 Å². The van der Waals surface area contributed by atoms with Gasteiger partial charge in [-0.2, -0.15) is 0 Å². The van der Waals surface area contributed by atoms with Crippen LogP contribution < -0.4 is 21.1 Å². The maximum absolute atomic E-state index is 12.0. The van der Waals surface area contributed by atoms with E-state index in [4.69, 9.17) is 10.5 Å². The summed E-state index contributed by atoms with van der Waals surface area (Å²) in [5.41, 5.74) is 9.71. The maximum Gasteiger partial charge on any atom is 0.248 e. The van der Waals surface area contributed by atoms with Crippen LogP contribution in [0.25, 0.3) is 6.08 Å². The Labute approximate surface area is 169 Å². The number of rotatable bonds is 7. The molecule has 0 unspecified atom stereocenters. The quantitative estimate of drug-likeness (QED) is 0.358. The van der Waals surface area contributed by atoms with Gasteiger partial charge in [0.25, 0.3) is 0 Å². The van der Waals surface area contributed by atoms with Gasteiger partial charge in [-0.15, -0.1) is 0 Å². The lowest BCUT2D eigenvalue weighted by Gasteiger charge is -2.09. The van der Waals surface area contributed by atoms with Crippen LogP contribution in [-0.4, -0.2) is 18.1 Å². The summed E-state index contributed by atoms with van der Waals surface area (Å²) >= 11 is 0. The first-order valence-corrected chi connectivity index (χ1v) is 9.08. The van der Waals surface area contributed by atoms with Gasteiger partial charge in [0, 0.05) is 24.4 Å². The molecule has 1 amide bonds. The fraction of sp³-hybridized carbons (Fsp3) is 0.0870. The lowest BCUT2D eigenvalue weighted by Crippen LogP contribution is -2.09. The molecule has 0 aliphatic carbocycles. The van der Waals surface area contributed by atoms with Crippen molar-refractivity contribution in [1.82, 2.24) is 0 Å². The summed E-state index contributed by atoms with van der Waals surface area (Å²) < 4.78 is 5.04. The molecule has 0 saturated heterocycles. The molecule has 6 heteroatoms. The monoisotopic (exact) mass is 389 g/mol. The van der Waals surface area contributed by atoms with Gasteiger partial charge < -0.3 is 26.2 Å². The van der Waals surface area contributed by atoms with Crippen molar-refractivity contribution in [3.63, 3.8) is 0 Å². The van der Waals surface area contributed by atoms with Gasteiger partial charge in [-0.25, -0.2) is 0 Å². The number of amides is 1. The van der Waals surface area contributed by atoms with E-state index in [-0.39, 0.29) is 11.7 Å². The van der Waals surface area contributed by atoms with Crippen LogP contribution >= 0.6 is 0 Å². The summed E-state index contributed by atoms with van der Waals surface area (Å²) in [7, 11) is 1.51. The Bertz CT molecular complexity index is 1010. The molecule has 0 bridgehead atoms. The number of aromatic hydroxyl groups is 1. The van der Waals surface area contributed by atoms with Gasteiger partial charge >= 0.3 is 0 Å². The van der Waals surface area contributed by atoms with E-state index in [1.807, 2.05) is 42.5 Å². The second kappa shape index (κ2) is 9.32. The number of phenolic OH excluding ortho intramolecular Hbond substituents is 1. The van der Waals surface area contributed by atoms with E-state index in [0.717, 1.165) is 16.8 Å². The van der Waals surface area contributed by atoms with Gasteiger partial charge in [-0.3, -0.25) is 4.79 Å². The predicted octanol–water partition coefficient (Wildman–Crippen LogP) is 4.25. The number of ether oxygens (including phenoxy) is 1. The average Bonchev–Trinajstić information content (AvgIpc) is 2.73. The van der Waals surface area contributed by atoms with E-state index in [1.54, 1.807) is 30.3 Å². The van der Waals surface area contributed by atoms with Crippen LogP contribution in [0.15, 0.2) is 72.8 Å². The van der Waals surface area contributed by atoms with Crippen LogP contribution in [0.3, 0.4) is 0 Å². The summed E-state index contributed by atoms with van der Waals surface area (Å²) in [6.45, 7) is 0.601. The van der Waals surface area contributed by atoms with E-state index >= 15 is 0 Å². The van der Waals surface area contributed by atoms with Crippen LogP contribution in [0.2, 0.25) is 0 Å². The molecule has 3 rings (SSSR count). The molecule has 0 spiro atoms. The lowest BCUT2D eigenvalue weighted by atomic mass is 10.1. The second-order valence-corrected chi connectivity index (χ2v) is 6.39. The van der Waals surface area contributed by atoms with E-state index in [9.17, 15) is 9.90 Å². The number of hydrogen-bond acceptors (Lipinski definition) is 5. The zero-order chi connectivity index (χ0) is 20.6. The first-order chi connectivity index (χ1) is 14.0. The van der Waals surface area contributed by atoms with Crippen molar-refractivity contribution in [3.8, 4) is 11.5 Å². The maximum atomic E-state index is 12.0. The average molecular weight is 389 g/mol. The second-order valence-electron chi connectivity index (χ2n) is 6.39. The van der Waals surface area contributed by atoms with E-state index < -0.39 is 0 Å². The minimum Gasteiger partial charge on any atom is -0.504 e. The number of para-hydroxylation sites is 2. The number of anilines is 3. The summed E-state index contributed by atoms with van der Waals surface area (Å²) in [5.74, 6) is 0.284. The van der Waals surface area contributed by atoms with Crippen molar-refractivity contribution >= 4 is 29.0 Å². The Kier molecular flexibility index (Phi) is 6.37. The number of methoxy groups -OCH3 is 1. The van der Waals surface area contributed by atoms with Crippen LogP contribution in [0, 0.1) is 0 Å². The Morgan fingerprint density at radius 3 is 2.55 bits per heavy atom. The third kappa shape index (κ3) is 5.52. The van der Waals surface area contributed by atoms with E-state index in [2.05, 4.69) is 10.6 Å². The van der Waals surface area contributed by atoms with Crippen molar-refractivity contribution in [3.05, 3.63) is 83.9 Å². The normalized spacial score (nSPS) is 10.7. The fourth-order valence-electron chi connectivity index (χ4n) is 2.71. The molecular weight excluding hydrogens is 366 g/mol. The third-order valence-corrected chi connectivity index (χ3v) is 4.30. The summed E-state index contributed by atoms with van der Waals surface area (Å²) in [6.07, 6.45) is 3.22. The van der Waals surface area contributed by atoms with E-state index in [1.165, 1.54) is 13.2 Å². The standard InChI is InChI=1S/C23H23N3O3/c1-29-22-12-11-18(14-21(22)27)25-15-17-8-6-16(7-9-17)10-13-23(28)26-20-5-3-2-4-19(20)24/h2-14,25,27H,15,24H2,1H3,(H,26,28)/b13-10+. The number of nitrogen functional groups attached to an aromatic ring is 1. The van der Waals surface area contributed by atoms with Crippen LogP contribution in [0.5, 0.6) is 11.5 Å². The molecule has 0 saturated carbocycles. The molecule has 0 fully saturated rings. The number of phenols is 1. The third-order valence-electron chi connectivity index (χ3n) is 4.30. The Morgan fingerprint density at radius 2 is 1.86 bits per heavy atom. The Morgan fingerprint density at radius 1 is 1.10 bits per heavy atom. The molecule has 6 nitrogen and oxygen atoms in total. The molecule has 3 aromatic rings. The lowest BCUT2D eigenvalue weighted by molar-refractivity contribution is -0.111. The van der Waals surface area contributed by atoms with Crippen molar-refractivity contribution < 1.29 is 14.6 Å². The van der Waals surface area contributed by atoms with Crippen molar-refractivity contribution in [2.45, 2.75) is 6.54 Å². The van der Waals surface area contributed by atoms with E-state index in [0.29, 0.717) is 23.7 Å². The van der Waals surface area contributed by atoms with Gasteiger partial charge in [0.1, 0.15) is 0 Å². The number of nitrogens with two attached hydrogens (primary N) is 1. The Hall–Kier alpha value is -3.93. The van der Waals surface area contributed by atoms with Crippen LogP contribution in [0.4, 0.5) is 17.1 Å². The largest absolute Gasteiger partial charge is 0.504 e. The van der Waals surface area contributed by atoms with Crippen LogP contribution in [-0.2, 0) is 11.3 Å². The molecule has 0 aliphatic rings. The zero-order valence-electron chi connectivity index (χ0n) is 16.1. The molecule has 0 radical (unpaired) electrons. The molecule has 0 atom stereocenters. The highest BCUT2D eigenvalue weighted by Crippen LogP contribution is 2.28. The Balaban J connectivity index is 1.54. The first kappa shape index (κ1) is 19.8. The minimum absolute atomic E-state index is 0.0912. The number of hydrogen-bond donors (Lipinski definition) is 4. The number of carbonyl (C=O) groups is 1. The summed E-state index contributed by atoms with van der Waals surface area (Å²) in [5, 5.41) is 15.8. The highest BCUT2D eigenvalue weighted by Gasteiger charge is 2.03. The van der Waals surface area contributed by atoms with Crippen LogP contribution in [0.1, 0.15) is 11.1 Å². The molecule has 0 aliphatic heterocycles. The van der Waals surface area contributed by atoms with Gasteiger partial charge in [0.2, 0.25) is 5.91 Å². The number of benzene rings is 3. The molecule has 29 heavy (non-hydrogen) atoms. The summed E-state index contributed by atoms with van der Waals surface area (Å²) in [4.78, 5) is 12.0. The predicted molar refractivity (Wildman–Crippen MR) is 117 cm³/mol. The topological polar surface area (TPSA) is 96.6 Å². The number of carbonyl (C=O) groups excluding carboxylic acids is 1. The van der Waals surface area contributed by atoms with Crippen molar-refractivity contribution in [2.75, 3.05) is 23.5 Å². The molecule has 3 aromatic carbocycles.